The molecule has 0 aliphatic carbocycles. The lowest BCUT2D eigenvalue weighted by atomic mass is 10.3. The zero-order chi connectivity index (χ0) is 20.3. The van der Waals surface area contributed by atoms with Crippen LogP contribution in [0, 0.1) is 0 Å². The largest absolute Gasteiger partial charge is 0.312 e. The average Bonchev–Trinajstić information content (AvgIpc) is 3.38. The number of carbonyl (C=O) groups is 1. The van der Waals surface area contributed by atoms with Gasteiger partial charge in [0.15, 0.2) is 0 Å². The molecule has 7 nitrogen and oxygen atoms in total. The van der Waals surface area contributed by atoms with Gasteiger partial charge >= 0.3 is 0 Å². The first-order valence-electron chi connectivity index (χ1n) is 9.28. The van der Waals surface area contributed by atoms with Gasteiger partial charge in [-0.1, -0.05) is 0 Å². The maximum atomic E-state index is 12.5. The molecule has 0 bridgehead atoms. The normalized spacial score (nSPS) is 14.5. The number of rotatable bonds is 7. The Labute approximate surface area is 173 Å². The quantitative estimate of drug-likeness (QED) is 0.625. The minimum atomic E-state index is -3.62. The van der Waals surface area contributed by atoms with Crippen molar-refractivity contribution in [1.82, 2.24) is 14.7 Å². The fourth-order valence-electron chi connectivity index (χ4n) is 3.17. The first-order valence-corrected chi connectivity index (χ1v) is 11.6. The first kappa shape index (κ1) is 19.7. The van der Waals surface area contributed by atoms with Gasteiger partial charge in [-0.3, -0.25) is 9.78 Å². The molecule has 0 saturated carbocycles. The van der Waals surface area contributed by atoms with E-state index in [9.17, 15) is 13.2 Å². The highest BCUT2D eigenvalue weighted by Crippen LogP contribution is 2.24. The summed E-state index contributed by atoms with van der Waals surface area (Å²) < 4.78 is 27.7. The van der Waals surface area contributed by atoms with E-state index in [0.717, 1.165) is 28.4 Å². The van der Waals surface area contributed by atoms with E-state index in [1.54, 1.807) is 29.4 Å². The van der Waals surface area contributed by atoms with Crippen LogP contribution >= 0.6 is 11.3 Å². The van der Waals surface area contributed by atoms with Crippen molar-refractivity contribution in [3.63, 3.8) is 0 Å². The topological polar surface area (TPSA) is 92.3 Å². The number of thiazole rings is 1. The molecule has 3 aromatic rings. The minimum Gasteiger partial charge on any atom is -0.312 e. The number of anilines is 1. The molecule has 1 N–H and O–H groups in total. The van der Waals surface area contributed by atoms with E-state index in [1.165, 1.54) is 23.5 Å². The standard InChI is InChI=1S/C20H20N4O3S2/c25-19-4-2-12-24(19)17-5-7-18(8-6-17)29(26,27)22-11-9-16-14-28-20(23-16)15-3-1-10-21-13-15/h1,3,5-8,10,13-14,22H,2,4,9,11-12H2. The van der Waals surface area contributed by atoms with Crippen molar-refractivity contribution in [2.45, 2.75) is 24.2 Å². The van der Waals surface area contributed by atoms with Crippen LogP contribution in [0.25, 0.3) is 10.6 Å². The summed E-state index contributed by atoms with van der Waals surface area (Å²) in [4.78, 5) is 22.3. The van der Waals surface area contributed by atoms with Crippen molar-refractivity contribution in [2.75, 3.05) is 18.0 Å². The molecule has 1 fully saturated rings. The Balaban J connectivity index is 1.36. The lowest BCUT2D eigenvalue weighted by molar-refractivity contribution is -0.117. The molecule has 1 aliphatic heterocycles. The zero-order valence-electron chi connectivity index (χ0n) is 15.6. The van der Waals surface area contributed by atoms with Gasteiger partial charge in [-0.25, -0.2) is 18.1 Å². The van der Waals surface area contributed by atoms with Gasteiger partial charge < -0.3 is 4.90 Å². The summed E-state index contributed by atoms with van der Waals surface area (Å²) in [6.45, 7) is 0.933. The summed E-state index contributed by atoms with van der Waals surface area (Å²) >= 11 is 1.51. The molecule has 1 aliphatic rings. The molecule has 1 saturated heterocycles. The predicted molar refractivity (Wildman–Crippen MR) is 112 cm³/mol. The number of pyridine rings is 1. The highest BCUT2D eigenvalue weighted by Gasteiger charge is 2.22. The summed E-state index contributed by atoms with van der Waals surface area (Å²) in [5.74, 6) is 0.0765. The van der Waals surface area contributed by atoms with E-state index in [0.29, 0.717) is 19.4 Å². The van der Waals surface area contributed by atoms with Gasteiger partial charge in [0.25, 0.3) is 0 Å². The second-order valence-corrected chi connectivity index (χ2v) is 9.30. The number of amides is 1. The van der Waals surface area contributed by atoms with Gasteiger partial charge in [-0.15, -0.1) is 11.3 Å². The van der Waals surface area contributed by atoms with E-state index >= 15 is 0 Å². The smallest absolute Gasteiger partial charge is 0.240 e. The molecule has 0 spiro atoms. The zero-order valence-corrected chi connectivity index (χ0v) is 17.2. The molecular weight excluding hydrogens is 408 g/mol. The maximum Gasteiger partial charge on any atom is 0.240 e. The van der Waals surface area contributed by atoms with E-state index in [2.05, 4.69) is 14.7 Å². The molecule has 0 atom stereocenters. The molecule has 4 rings (SSSR count). The number of hydrogen-bond donors (Lipinski definition) is 1. The van der Waals surface area contributed by atoms with Gasteiger partial charge in [-0.05, 0) is 42.8 Å². The Morgan fingerprint density at radius 2 is 2.00 bits per heavy atom. The van der Waals surface area contributed by atoms with E-state index < -0.39 is 10.0 Å². The Morgan fingerprint density at radius 1 is 1.17 bits per heavy atom. The number of hydrogen-bond acceptors (Lipinski definition) is 6. The van der Waals surface area contributed by atoms with E-state index in [-0.39, 0.29) is 17.3 Å². The van der Waals surface area contributed by atoms with Crippen LogP contribution in [-0.2, 0) is 21.2 Å². The van der Waals surface area contributed by atoms with Crippen LogP contribution < -0.4 is 9.62 Å². The van der Waals surface area contributed by atoms with E-state index in [4.69, 9.17) is 0 Å². The monoisotopic (exact) mass is 428 g/mol. The molecule has 3 heterocycles. The molecule has 29 heavy (non-hydrogen) atoms. The van der Waals surface area contributed by atoms with Gasteiger partial charge in [0.05, 0.1) is 10.6 Å². The predicted octanol–water partition coefficient (Wildman–Crippen LogP) is 2.85. The van der Waals surface area contributed by atoms with Crippen molar-refractivity contribution in [2.24, 2.45) is 0 Å². The Bertz CT molecular complexity index is 1100. The average molecular weight is 429 g/mol. The van der Waals surface area contributed by atoms with Crippen LogP contribution in [0.5, 0.6) is 0 Å². The van der Waals surface area contributed by atoms with Crippen LogP contribution in [-0.4, -0.2) is 37.4 Å². The second kappa shape index (κ2) is 8.40. The minimum absolute atomic E-state index is 0.0765. The molecule has 9 heteroatoms. The number of benzene rings is 1. The summed E-state index contributed by atoms with van der Waals surface area (Å²) in [7, 11) is -3.62. The summed E-state index contributed by atoms with van der Waals surface area (Å²) in [5.41, 5.74) is 2.51. The first-order chi connectivity index (χ1) is 14.0. The van der Waals surface area contributed by atoms with E-state index in [1.807, 2.05) is 17.5 Å². The SMILES string of the molecule is O=C1CCCN1c1ccc(S(=O)(=O)NCCc2csc(-c3cccnc3)n2)cc1. The fraction of sp³-hybridized carbons (Fsp3) is 0.250. The summed E-state index contributed by atoms with van der Waals surface area (Å²) in [5, 5.41) is 2.79. The van der Waals surface area contributed by atoms with Crippen molar-refractivity contribution >= 4 is 33.0 Å². The Kier molecular flexibility index (Phi) is 5.70. The molecule has 1 amide bonds. The Hall–Kier alpha value is -2.62. The lowest BCUT2D eigenvalue weighted by Crippen LogP contribution is -2.26. The van der Waals surface area contributed by atoms with Crippen LogP contribution in [0.1, 0.15) is 18.5 Å². The molecule has 150 valence electrons. The third-order valence-corrected chi connectivity index (χ3v) is 7.08. The van der Waals surface area contributed by atoms with Crippen LogP contribution in [0.3, 0.4) is 0 Å². The number of aromatic nitrogens is 2. The van der Waals surface area contributed by atoms with Crippen molar-refractivity contribution in [3.05, 3.63) is 59.9 Å². The number of nitrogens with zero attached hydrogens (tertiary/aromatic N) is 3. The third kappa shape index (κ3) is 4.52. The molecule has 0 unspecified atom stereocenters. The van der Waals surface area contributed by atoms with Crippen molar-refractivity contribution < 1.29 is 13.2 Å². The van der Waals surface area contributed by atoms with Crippen molar-refractivity contribution in [3.8, 4) is 10.6 Å². The maximum absolute atomic E-state index is 12.5. The molecular formula is C20H20N4O3S2. The fourth-order valence-corrected chi connectivity index (χ4v) is 5.04. The van der Waals surface area contributed by atoms with Gasteiger partial charge in [0, 0.05) is 55.0 Å². The van der Waals surface area contributed by atoms with Gasteiger partial charge in [0.2, 0.25) is 15.9 Å². The summed E-state index contributed by atoms with van der Waals surface area (Å²) in [6, 6.07) is 10.2. The van der Waals surface area contributed by atoms with Gasteiger partial charge in [-0.2, -0.15) is 0 Å². The molecule has 0 radical (unpaired) electrons. The number of nitrogens with one attached hydrogen (secondary N) is 1. The van der Waals surface area contributed by atoms with Crippen LogP contribution in [0.2, 0.25) is 0 Å². The summed E-state index contributed by atoms with van der Waals surface area (Å²) in [6.07, 6.45) is 5.34. The number of carbonyl (C=O) groups excluding carboxylic acids is 1. The lowest BCUT2D eigenvalue weighted by Gasteiger charge is -2.16. The molecule has 1 aromatic carbocycles. The number of sulfonamides is 1. The second-order valence-electron chi connectivity index (χ2n) is 6.68. The van der Waals surface area contributed by atoms with Crippen LogP contribution in [0.4, 0.5) is 5.69 Å². The van der Waals surface area contributed by atoms with Crippen LogP contribution in [0.15, 0.2) is 59.1 Å². The third-order valence-electron chi connectivity index (χ3n) is 4.67. The highest BCUT2D eigenvalue weighted by molar-refractivity contribution is 7.89. The van der Waals surface area contributed by atoms with Crippen molar-refractivity contribution in [1.29, 1.82) is 0 Å². The highest BCUT2D eigenvalue weighted by atomic mass is 32.2. The van der Waals surface area contributed by atoms with Gasteiger partial charge in [0.1, 0.15) is 5.01 Å². The Morgan fingerprint density at radius 3 is 2.69 bits per heavy atom. The molecule has 2 aromatic heterocycles.